The van der Waals surface area contributed by atoms with Crippen molar-refractivity contribution in [2.75, 3.05) is 6.54 Å². The van der Waals surface area contributed by atoms with Gasteiger partial charge in [-0.15, -0.1) is 0 Å². The Labute approximate surface area is 122 Å². The quantitative estimate of drug-likeness (QED) is 0.862. The summed E-state index contributed by atoms with van der Waals surface area (Å²) < 4.78 is 1.78. The Morgan fingerprint density at radius 1 is 1.17 bits per heavy atom. The molecule has 0 aliphatic rings. The minimum atomic E-state index is -0.0968. The minimum Gasteiger partial charge on any atom is -0.347 e. The third-order valence-electron chi connectivity index (χ3n) is 2.51. The molecule has 0 atom stereocenters. The Morgan fingerprint density at radius 2 is 1.83 bits per heavy atom. The normalized spacial score (nSPS) is 10.3. The van der Waals surface area contributed by atoms with E-state index in [1.165, 1.54) is 0 Å². The largest absolute Gasteiger partial charge is 0.347 e. The Hall–Kier alpha value is -1.13. The van der Waals surface area contributed by atoms with Gasteiger partial charge in [0.1, 0.15) is 0 Å². The van der Waals surface area contributed by atoms with Crippen LogP contribution in [0.5, 0.6) is 0 Å². The first-order valence-electron chi connectivity index (χ1n) is 5.37. The van der Waals surface area contributed by atoms with E-state index in [2.05, 4.69) is 43.8 Å². The van der Waals surface area contributed by atoms with Crippen LogP contribution in [0.2, 0.25) is 0 Å². The maximum absolute atomic E-state index is 11.9. The van der Waals surface area contributed by atoms with Gasteiger partial charge in [0.05, 0.1) is 0 Å². The summed E-state index contributed by atoms with van der Waals surface area (Å²) in [6, 6.07) is 11.6. The van der Waals surface area contributed by atoms with Crippen LogP contribution in [-0.2, 0) is 0 Å². The van der Waals surface area contributed by atoms with Crippen LogP contribution in [0.4, 0.5) is 0 Å². The van der Waals surface area contributed by atoms with Crippen LogP contribution < -0.4 is 5.32 Å². The molecule has 0 heterocycles. The van der Waals surface area contributed by atoms with Crippen LogP contribution in [0.15, 0.2) is 51.9 Å². The first-order valence-corrected chi connectivity index (χ1v) is 6.95. The Kier molecular flexibility index (Phi) is 4.19. The molecule has 0 aromatic heterocycles. The van der Waals surface area contributed by atoms with Gasteiger partial charge in [-0.25, -0.2) is 0 Å². The van der Waals surface area contributed by atoms with Crippen molar-refractivity contribution < 1.29 is 4.79 Å². The number of hydrogen-bond acceptors (Lipinski definition) is 1. The Bertz CT molecular complexity index is 622. The van der Waals surface area contributed by atoms with E-state index in [-0.39, 0.29) is 5.91 Å². The monoisotopic (exact) mass is 367 g/mol. The first kappa shape index (κ1) is 13.3. The third kappa shape index (κ3) is 3.21. The number of benzene rings is 2. The minimum absolute atomic E-state index is 0.0968. The molecule has 92 valence electrons. The van der Waals surface area contributed by atoms with Crippen molar-refractivity contribution in [3.05, 3.63) is 57.5 Å². The van der Waals surface area contributed by atoms with Crippen LogP contribution in [0.3, 0.4) is 0 Å². The fourth-order valence-corrected chi connectivity index (χ4v) is 2.16. The summed E-state index contributed by atoms with van der Waals surface area (Å²) in [5, 5.41) is 4.93. The smallest absolute Gasteiger partial charge is 0.251 e. The second-order valence-electron chi connectivity index (χ2n) is 3.91. The van der Waals surface area contributed by atoms with E-state index in [0.717, 1.165) is 19.7 Å². The summed E-state index contributed by atoms with van der Waals surface area (Å²) in [5.41, 5.74) is 0.651. The predicted molar refractivity (Wildman–Crippen MR) is 82.0 cm³/mol. The zero-order valence-corrected chi connectivity index (χ0v) is 12.7. The number of nitrogens with one attached hydrogen (secondary N) is 1. The average molecular weight is 369 g/mol. The van der Waals surface area contributed by atoms with E-state index in [0.29, 0.717) is 12.1 Å². The molecule has 0 bridgehead atoms. The summed E-state index contributed by atoms with van der Waals surface area (Å²) >= 11 is 6.64. The second kappa shape index (κ2) is 5.67. The molecule has 0 saturated carbocycles. The van der Waals surface area contributed by atoms with Crippen molar-refractivity contribution in [2.45, 2.75) is 0 Å². The lowest BCUT2D eigenvalue weighted by Crippen LogP contribution is -2.24. The summed E-state index contributed by atoms with van der Waals surface area (Å²) in [5.74, 6) is -0.0968. The lowest BCUT2D eigenvalue weighted by atomic mass is 10.1. The number of fused-ring (bicyclic) bond motifs is 1. The van der Waals surface area contributed by atoms with Gasteiger partial charge >= 0.3 is 0 Å². The molecule has 0 spiro atoms. The number of rotatable bonds is 3. The van der Waals surface area contributed by atoms with Crippen molar-refractivity contribution in [2.24, 2.45) is 0 Å². The lowest BCUT2D eigenvalue weighted by Gasteiger charge is -2.05. The third-order valence-corrected chi connectivity index (χ3v) is 3.28. The fourth-order valence-electron chi connectivity index (χ4n) is 1.64. The SMILES string of the molecule is C=C(Br)CNC(=O)c1ccc2cc(Br)ccc2c1. The molecule has 2 rings (SSSR count). The first-order chi connectivity index (χ1) is 8.56. The molecule has 0 unspecified atom stereocenters. The predicted octanol–water partition coefficient (Wildman–Crippen LogP) is 4.24. The van der Waals surface area contributed by atoms with Crippen LogP contribution in [0.25, 0.3) is 10.8 Å². The lowest BCUT2D eigenvalue weighted by molar-refractivity contribution is 0.0958. The molecular formula is C14H11Br2NO. The highest BCUT2D eigenvalue weighted by Gasteiger charge is 2.06. The molecule has 2 aromatic carbocycles. The van der Waals surface area contributed by atoms with E-state index in [1.54, 1.807) is 0 Å². The molecule has 2 nitrogen and oxygen atoms in total. The molecule has 4 heteroatoms. The van der Waals surface area contributed by atoms with Gasteiger partial charge in [0.15, 0.2) is 0 Å². The Morgan fingerprint density at radius 3 is 2.56 bits per heavy atom. The van der Waals surface area contributed by atoms with Gasteiger partial charge in [-0.2, -0.15) is 0 Å². The van der Waals surface area contributed by atoms with Gasteiger partial charge in [-0.1, -0.05) is 50.6 Å². The number of amides is 1. The highest BCUT2D eigenvalue weighted by molar-refractivity contribution is 9.11. The molecular weight excluding hydrogens is 358 g/mol. The topological polar surface area (TPSA) is 29.1 Å². The van der Waals surface area contributed by atoms with E-state index >= 15 is 0 Å². The van der Waals surface area contributed by atoms with Crippen LogP contribution >= 0.6 is 31.9 Å². The Balaban J connectivity index is 2.27. The maximum Gasteiger partial charge on any atom is 0.251 e. The number of carbonyl (C=O) groups is 1. The van der Waals surface area contributed by atoms with Crippen molar-refractivity contribution >= 4 is 48.5 Å². The highest BCUT2D eigenvalue weighted by Crippen LogP contribution is 2.21. The molecule has 2 aromatic rings. The molecule has 0 fully saturated rings. The van der Waals surface area contributed by atoms with E-state index < -0.39 is 0 Å². The molecule has 0 aliphatic heterocycles. The van der Waals surface area contributed by atoms with Gasteiger partial charge < -0.3 is 5.32 Å². The summed E-state index contributed by atoms with van der Waals surface area (Å²) in [6.07, 6.45) is 0. The van der Waals surface area contributed by atoms with Crippen LogP contribution in [0.1, 0.15) is 10.4 Å². The molecule has 0 aliphatic carbocycles. The zero-order chi connectivity index (χ0) is 13.1. The van der Waals surface area contributed by atoms with Crippen molar-refractivity contribution in [1.82, 2.24) is 5.32 Å². The summed E-state index contributed by atoms with van der Waals surface area (Å²) in [6.45, 7) is 4.10. The molecule has 0 saturated heterocycles. The van der Waals surface area contributed by atoms with E-state index in [9.17, 15) is 4.79 Å². The van der Waals surface area contributed by atoms with Crippen molar-refractivity contribution in [1.29, 1.82) is 0 Å². The summed E-state index contributed by atoms with van der Waals surface area (Å²) in [4.78, 5) is 11.9. The van der Waals surface area contributed by atoms with Crippen molar-refractivity contribution in [3.63, 3.8) is 0 Å². The molecule has 1 N–H and O–H groups in total. The second-order valence-corrected chi connectivity index (χ2v) is 5.94. The standard InChI is InChI=1S/C14H11Br2NO/c1-9(15)8-17-14(18)12-3-2-11-7-13(16)5-4-10(11)6-12/h2-7H,1,8H2,(H,17,18). The van der Waals surface area contributed by atoms with Crippen molar-refractivity contribution in [3.8, 4) is 0 Å². The fraction of sp³-hybridized carbons (Fsp3) is 0.0714. The van der Waals surface area contributed by atoms with Crippen LogP contribution in [-0.4, -0.2) is 12.5 Å². The van der Waals surface area contributed by atoms with E-state index in [4.69, 9.17) is 0 Å². The summed E-state index contributed by atoms with van der Waals surface area (Å²) in [7, 11) is 0. The molecule has 0 radical (unpaired) electrons. The van der Waals surface area contributed by atoms with Gasteiger partial charge in [0.2, 0.25) is 0 Å². The number of halogens is 2. The van der Waals surface area contributed by atoms with Gasteiger partial charge in [0, 0.05) is 21.1 Å². The number of carbonyl (C=O) groups excluding carboxylic acids is 1. The molecule has 1 amide bonds. The number of hydrogen-bond donors (Lipinski definition) is 1. The highest BCUT2D eigenvalue weighted by atomic mass is 79.9. The average Bonchev–Trinajstić information content (AvgIpc) is 2.35. The molecule has 18 heavy (non-hydrogen) atoms. The van der Waals surface area contributed by atoms with Gasteiger partial charge in [-0.05, 0) is 35.0 Å². The maximum atomic E-state index is 11.9. The zero-order valence-electron chi connectivity index (χ0n) is 9.54. The van der Waals surface area contributed by atoms with E-state index in [1.807, 2.05) is 36.4 Å². The van der Waals surface area contributed by atoms with Gasteiger partial charge in [-0.3, -0.25) is 4.79 Å². The van der Waals surface area contributed by atoms with Crippen LogP contribution in [0, 0.1) is 0 Å². The van der Waals surface area contributed by atoms with Gasteiger partial charge in [0.25, 0.3) is 5.91 Å².